The van der Waals surface area contributed by atoms with Crippen LogP contribution in [0.1, 0.15) is 6.42 Å². The van der Waals surface area contributed by atoms with E-state index in [0.717, 1.165) is 42.9 Å². The molecule has 7 heteroatoms. The van der Waals surface area contributed by atoms with Gasteiger partial charge in [0.1, 0.15) is 5.75 Å². The van der Waals surface area contributed by atoms with E-state index < -0.39 is 0 Å². The van der Waals surface area contributed by atoms with Gasteiger partial charge in [-0.05, 0) is 28.1 Å². The Morgan fingerprint density at radius 1 is 1.32 bits per heavy atom. The van der Waals surface area contributed by atoms with Crippen LogP contribution < -0.4 is 15.4 Å². The molecule has 0 aliphatic carbocycles. The van der Waals surface area contributed by atoms with Crippen LogP contribution in [0.3, 0.4) is 0 Å². The Labute approximate surface area is 146 Å². The third-order valence-electron chi connectivity index (χ3n) is 3.38. The molecule has 0 saturated carbocycles. The van der Waals surface area contributed by atoms with Crippen molar-refractivity contribution in [1.82, 2.24) is 15.5 Å². The number of amides is 1. The van der Waals surface area contributed by atoms with E-state index in [1.165, 1.54) is 0 Å². The van der Waals surface area contributed by atoms with E-state index in [0.29, 0.717) is 19.6 Å². The van der Waals surface area contributed by atoms with Gasteiger partial charge >= 0.3 is 0 Å². The molecular formula is C15H23BrClN3O2. The molecule has 0 aromatic heterocycles. The van der Waals surface area contributed by atoms with Gasteiger partial charge in [0.15, 0.2) is 0 Å². The van der Waals surface area contributed by atoms with E-state index in [9.17, 15) is 4.79 Å². The van der Waals surface area contributed by atoms with Crippen molar-refractivity contribution < 1.29 is 9.53 Å². The maximum atomic E-state index is 11.7. The van der Waals surface area contributed by atoms with E-state index >= 15 is 0 Å². The molecule has 1 aromatic carbocycles. The standard InChI is InChI=1S/C15H22BrN3O2.ClH/c16-13-3-1-2-4-14(13)21-12-5-15(20)18-8-11-19-9-6-17-7-10-19;/h1-4,17H,5-12H2,(H,18,20);1H. The largest absolute Gasteiger partial charge is 0.492 e. The fraction of sp³-hybridized carbons (Fsp3) is 0.533. The van der Waals surface area contributed by atoms with Crippen molar-refractivity contribution in [2.75, 3.05) is 45.9 Å². The normalized spacial score (nSPS) is 15.0. The number of halogens is 2. The van der Waals surface area contributed by atoms with Crippen LogP contribution in [0, 0.1) is 0 Å². The second kappa shape index (κ2) is 10.8. The predicted octanol–water partition coefficient (Wildman–Crippen LogP) is 1.66. The van der Waals surface area contributed by atoms with Crippen molar-refractivity contribution in [3.8, 4) is 5.75 Å². The Balaban J connectivity index is 0.00000242. The Morgan fingerprint density at radius 2 is 2.05 bits per heavy atom. The lowest BCUT2D eigenvalue weighted by Gasteiger charge is -2.27. The fourth-order valence-corrected chi connectivity index (χ4v) is 2.59. The van der Waals surface area contributed by atoms with Crippen molar-refractivity contribution in [2.45, 2.75) is 6.42 Å². The van der Waals surface area contributed by atoms with Crippen molar-refractivity contribution in [1.29, 1.82) is 0 Å². The third-order valence-corrected chi connectivity index (χ3v) is 4.04. The van der Waals surface area contributed by atoms with Gasteiger partial charge in [-0.1, -0.05) is 12.1 Å². The van der Waals surface area contributed by atoms with Crippen LogP contribution in [0.5, 0.6) is 5.75 Å². The minimum absolute atomic E-state index is 0. The molecule has 0 bridgehead atoms. The second-order valence-electron chi connectivity index (χ2n) is 4.97. The first-order valence-corrected chi connectivity index (χ1v) is 8.12. The van der Waals surface area contributed by atoms with Crippen LogP contribution >= 0.6 is 28.3 Å². The number of hydrogen-bond donors (Lipinski definition) is 2. The summed E-state index contributed by atoms with van der Waals surface area (Å²) in [4.78, 5) is 14.1. The molecule has 1 amide bonds. The zero-order valence-electron chi connectivity index (χ0n) is 12.5. The number of carbonyl (C=O) groups is 1. The highest BCUT2D eigenvalue weighted by Gasteiger charge is 2.09. The maximum absolute atomic E-state index is 11.7. The molecule has 2 N–H and O–H groups in total. The van der Waals surface area contributed by atoms with Crippen molar-refractivity contribution in [2.24, 2.45) is 0 Å². The van der Waals surface area contributed by atoms with Crippen molar-refractivity contribution in [3.63, 3.8) is 0 Å². The van der Waals surface area contributed by atoms with E-state index in [1.807, 2.05) is 24.3 Å². The van der Waals surface area contributed by atoms with Crippen LogP contribution in [0.25, 0.3) is 0 Å². The van der Waals surface area contributed by atoms with Crippen molar-refractivity contribution >= 4 is 34.2 Å². The van der Waals surface area contributed by atoms with Gasteiger partial charge in [0, 0.05) is 39.3 Å². The highest BCUT2D eigenvalue weighted by Crippen LogP contribution is 2.23. The summed E-state index contributed by atoms with van der Waals surface area (Å²) in [6.45, 7) is 6.19. The molecule has 1 saturated heterocycles. The van der Waals surface area contributed by atoms with Gasteiger partial charge < -0.3 is 15.4 Å². The summed E-state index contributed by atoms with van der Waals surface area (Å²) >= 11 is 3.41. The van der Waals surface area contributed by atoms with E-state index in [2.05, 4.69) is 31.5 Å². The molecule has 22 heavy (non-hydrogen) atoms. The molecule has 0 atom stereocenters. The molecule has 1 heterocycles. The summed E-state index contributed by atoms with van der Waals surface area (Å²) in [6, 6.07) is 7.64. The van der Waals surface area contributed by atoms with Crippen molar-refractivity contribution in [3.05, 3.63) is 28.7 Å². The molecule has 1 aliphatic heterocycles. The molecule has 1 fully saturated rings. The van der Waals surface area contributed by atoms with E-state index in [4.69, 9.17) is 4.74 Å². The first-order valence-electron chi connectivity index (χ1n) is 7.33. The number of benzene rings is 1. The Hall–Kier alpha value is -0.820. The lowest BCUT2D eigenvalue weighted by Crippen LogP contribution is -2.46. The number of nitrogens with one attached hydrogen (secondary N) is 2. The van der Waals surface area contributed by atoms with Gasteiger partial charge in [-0.15, -0.1) is 12.4 Å². The summed E-state index contributed by atoms with van der Waals surface area (Å²) < 4.78 is 6.48. The number of ether oxygens (including phenoxy) is 1. The topological polar surface area (TPSA) is 53.6 Å². The Morgan fingerprint density at radius 3 is 2.77 bits per heavy atom. The molecule has 5 nitrogen and oxygen atoms in total. The van der Waals surface area contributed by atoms with Gasteiger partial charge in [0.25, 0.3) is 0 Å². The molecular weight excluding hydrogens is 370 g/mol. The van der Waals surface area contributed by atoms with Crippen LogP contribution in [0.15, 0.2) is 28.7 Å². The van der Waals surface area contributed by atoms with Crippen LogP contribution in [-0.4, -0.2) is 56.7 Å². The molecule has 0 spiro atoms. The van der Waals surface area contributed by atoms with Gasteiger partial charge in [-0.25, -0.2) is 0 Å². The van der Waals surface area contributed by atoms with Crippen LogP contribution in [0.2, 0.25) is 0 Å². The molecule has 1 aromatic rings. The first kappa shape index (κ1) is 19.2. The minimum atomic E-state index is 0. The molecule has 124 valence electrons. The maximum Gasteiger partial charge on any atom is 0.223 e. The predicted molar refractivity (Wildman–Crippen MR) is 93.8 cm³/mol. The lowest BCUT2D eigenvalue weighted by molar-refractivity contribution is -0.121. The average Bonchev–Trinajstić information content (AvgIpc) is 2.50. The number of carbonyl (C=O) groups excluding carboxylic acids is 1. The quantitative estimate of drug-likeness (QED) is 0.741. The monoisotopic (exact) mass is 391 g/mol. The summed E-state index contributed by atoms with van der Waals surface area (Å²) in [6.07, 6.45) is 0.378. The lowest BCUT2D eigenvalue weighted by atomic mass is 10.3. The molecule has 0 unspecified atom stereocenters. The Bertz CT molecular complexity index is 456. The van der Waals surface area contributed by atoms with Gasteiger partial charge in [-0.3, -0.25) is 9.69 Å². The highest BCUT2D eigenvalue weighted by atomic mass is 79.9. The van der Waals surface area contributed by atoms with Gasteiger partial charge in [0.05, 0.1) is 17.5 Å². The van der Waals surface area contributed by atoms with Crippen LogP contribution in [-0.2, 0) is 4.79 Å². The minimum Gasteiger partial charge on any atom is -0.492 e. The van der Waals surface area contributed by atoms with E-state index in [1.54, 1.807) is 0 Å². The number of rotatable bonds is 7. The summed E-state index contributed by atoms with van der Waals surface area (Å²) in [5.74, 6) is 0.809. The molecule has 0 radical (unpaired) electrons. The third kappa shape index (κ3) is 6.96. The summed E-state index contributed by atoms with van der Waals surface area (Å²) in [7, 11) is 0. The zero-order chi connectivity index (χ0) is 14.9. The summed E-state index contributed by atoms with van der Waals surface area (Å²) in [5, 5.41) is 6.25. The highest BCUT2D eigenvalue weighted by molar-refractivity contribution is 9.10. The fourth-order valence-electron chi connectivity index (χ4n) is 2.19. The van der Waals surface area contributed by atoms with E-state index in [-0.39, 0.29) is 18.3 Å². The average molecular weight is 393 g/mol. The first-order chi connectivity index (χ1) is 10.3. The Kier molecular flexibility index (Phi) is 9.47. The SMILES string of the molecule is Cl.O=C(CCOc1ccccc1Br)NCCN1CCNCC1. The summed E-state index contributed by atoms with van der Waals surface area (Å²) in [5.41, 5.74) is 0. The zero-order valence-corrected chi connectivity index (χ0v) is 14.9. The number of hydrogen-bond acceptors (Lipinski definition) is 4. The number of para-hydroxylation sites is 1. The number of nitrogens with zero attached hydrogens (tertiary/aromatic N) is 1. The smallest absolute Gasteiger partial charge is 0.223 e. The second-order valence-corrected chi connectivity index (χ2v) is 5.82. The van der Waals surface area contributed by atoms with Gasteiger partial charge in [0.2, 0.25) is 5.91 Å². The molecule has 2 rings (SSSR count). The molecule has 1 aliphatic rings. The van der Waals surface area contributed by atoms with Crippen LogP contribution in [0.4, 0.5) is 0 Å². The number of piperazine rings is 1. The van der Waals surface area contributed by atoms with Gasteiger partial charge in [-0.2, -0.15) is 0 Å².